The monoisotopic (exact) mass is 164 g/mol. The maximum Gasteiger partial charge on any atom is 0.248 e. The molecule has 1 nitrogen and oxygen atoms in total. The Morgan fingerprint density at radius 3 is 2.64 bits per heavy atom. The minimum atomic E-state index is -2.53. The fraction of sp³-hybridized carbons (Fsp3) is 1.00. The molecule has 0 aromatic carbocycles. The van der Waals surface area contributed by atoms with E-state index in [-0.39, 0.29) is 25.2 Å². The molecule has 1 saturated carbocycles. The summed E-state index contributed by atoms with van der Waals surface area (Å²) in [5.41, 5.74) is 0. The zero-order valence-corrected chi connectivity index (χ0v) is 6.69. The molecule has 1 aliphatic carbocycles. The number of alkyl halides is 2. The van der Waals surface area contributed by atoms with Crippen molar-refractivity contribution >= 4 is 0 Å². The molecule has 1 N–H and O–H groups in total. The van der Waals surface area contributed by atoms with Gasteiger partial charge in [0.1, 0.15) is 0 Å². The number of hydrogen-bond donors (Lipinski definition) is 1. The third kappa shape index (κ3) is 2.12. The van der Waals surface area contributed by atoms with Crippen LogP contribution in [0.1, 0.15) is 32.6 Å². The molecule has 0 bridgehead atoms. The zero-order valence-electron chi connectivity index (χ0n) is 6.69. The van der Waals surface area contributed by atoms with E-state index in [1.165, 1.54) is 0 Å². The van der Waals surface area contributed by atoms with Gasteiger partial charge in [-0.1, -0.05) is 13.3 Å². The summed E-state index contributed by atoms with van der Waals surface area (Å²) < 4.78 is 25.4. The molecular formula is C8H14F2O. The van der Waals surface area contributed by atoms with E-state index in [4.69, 9.17) is 0 Å². The van der Waals surface area contributed by atoms with Crippen LogP contribution in [0.2, 0.25) is 0 Å². The van der Waals surface area contributed by atoms with E-state index in [9.17, 15) is 13.9 Å². The van der Waals surface area contributed by atoms with E-state index < -0.39 is 12.0 Å². The highest BCUT2D eigenvalue weighted by Crippen LogP contribution is 2.37. The molecule has 0 radical (unpaired) electrons. The Balaban J connectivity index is 2.51. The van der Waals surface area contributed by atoms with E-state index in [0.717, 1.165) is 0 Å². The van der Waals surface area contributed by atoms with Crippen LogP contribution in [-0.4, -0.2) is 17.1 Å². The van der Waals surface area contributed by atoms with Crippen LogP contribution in [-0.2, 0) is 0 Å². The van der Waals surface area contributed by atoms with Crippen molar-refractivity contribution in [2.24, 2.45) is 5.92 Å². The van der Waals surface area contributed by atoms with Gasteiger partial charge in [0.15, 0.2) is 0 Å². The van der Waals surface area contributed by atoms with Gasteiger partial charge in [-0.15, -0.1) is 0 Å². The highest BCUT2D eigenvalue weighted by atomic mass is 19.3. The highest BCUT2D eigenvalue weighted by Gasteiger charge is 2.39. The first kappa shape index (κ1) is 8.91. The van der Waals surface area contributed by atoms with Crippen LogP contribution in [0.4, 0.5) is 8.78 Å². The summed E-state index contributed by atoms with van der Waals surface area (Å²) in [6.45, 7) is 1.84. The summed E-state index contributed by atoms with van der Waals surface area (Å²) >= 11 is 0. The van der Waals surface area contributed by atoms with Gasteiger partial charge in [0.25, 0.3) is 0 Å². The number of rotatable bonds is 1. The quantitative estimate of drug-likeness (QED) is 0.629. The van der Waals surface area contributed by atoms with E-state index in [1.54, 1.807) is 0 Å². The molecule has 0 aromatic rings. The Morgan fingerprint density at radius 2 is 2.18 bits per heavy atom. The molecule has 1 aliphatic rings. The van der Waals surface area contributed by atoms with Crippen molar-refractivity contribution < 1.29 is 13.9 Å². The SMILES string of the molecule is CC[C@@H]1CC(F)(F)CC[C@@H]1O. The molecule has 0 aliphatic heterocycles. The molecular weight excluding hydrogens is 150 g/mol. The van der Waals surface area contributed by atoms with Gasteiger partial charge in [-0.2, -0.15) is 0 Å². The van der Waals surface area contributed by atoms with E-state index in [1.807, 2.05) is 6.92 Å². The standard InChI is InChI=1S/C8H14F2O/c1-2-6-5-8(9,10)4-3-7(6)11/h6-7,11H,2-5H2,1H3/t6-,7+/m1/s1. The van der Waals surface area contributed by atoms with Crippen molar-refractivity contribution in [2.75, 3.05) is 0 Å². The third-order valence-electron chi connectivity index (χ3n) is 2.44. The molecule has 0 saturated heterocycles. The Morgan fingerprint density at radius 1 is 1.55 bits per heavy atom. The summed E-state index contributed by atoms with van der Waals surface area (Å²) in [4.78, 5) is 0. The predicted molar refractivity (Wildman–Crippen MR) is 38.6 cm³/mol. The van der Waals surface area contributed by atoms with Crippen LogP contribution in [0.15, 0.2) is 0 Å². The van der Waals surface area contributed by atoms with Gasteiger partial charge in [0, 0.05) is 12.8 Å². The first-order chi connectivity index (χ1) is 5.05. The molecule has 0 unspecified atom stereocenters. The number of aliphatic hydroxyl groups excluding tert-OH is 1. The zero-order chi connectivity index (χ0) is 8.48. The van der Waals surface area contributed by atoms with Gasteiger partial charge in [0.2, 0.25) is 5.92 Å². The van der Waals surface area contributed by atoms with Crippen LogP contribution < -0.4 is 0 Å². The van der Waals surface area contributed by atoms with Gasteiger partial charge in [0.05, 0.1) is 6.10 Å². The first-order valence-corrected chi connectivity index (χ1v) is 4.11. The first-order valence-electron chi connectivity index (χ1n) is 4.11. The van der Waals surface area contributed by atoms with Gasteiger partial charge in [-0.3, -0.25) is 0 Å². The van der Waals surface area contributed by atoms with Crippen LogP contribution in [0.3, 0.4) is 0 Å². The van der Waals surface area contributed by atoms with E-state index in [2.05, 4.69) is 0 Å². The lowest BCUT2D eigenvalue weighted by atomic mass is 9.82. The molecule has 0 aromatic heterocycles. The fourth-order valence-electron chi connectivity index (χ4n) is 1.63. The summed E-state index contributed by atoms with van der Waals surface area (Å²) in [6, 6.07) is 0. The Kier molecular flexibility index (Phi) is 2.47. The average molecular weight is 164 g/mol. The van der Waals surface area contributed by atoms with E-state index in [0.29, 0.717) is 6.42 Å². The Labute approximate surface area is 65.4 Å². The lowest BCUT2D eigenvalue weighted by Gasteiger charge is -2.32. The maximum absolute atomic E-state index is 12.7. The van der Waals surface area contributed by atoms with Gasteiger partial charge >= 0.3 is 0 Å². The molecule has 3 heteroatoms. The number of hydrogen-bond acceptors (Lipinski definition) is 1. The molecule has 2 atom stereocenters. The largest absolute Gasteiger partial charge is 0.393 e. The number of halogens is 2. The van der Waals surface area contributed by atoms with Crippen molar-refractivity contribution in [3.8, 4) is 0 Å². The van der Waals surface area contributed by atoms with Crippen molar-refractivity contribution in [1.82, 2.24) is 0 Å². The van der Waals surface area contributed by atoms with Crippen LogP contribution in [0.5, 0.6) is 0 Å². The molecule has 11 heavy (non-hydrogen) atoms. The van der Waals surface area contributed by atoms with Gasteiger partial charge in [-0.25, -0.2) is 8.78 Å². The molecule has 66 valence electrons. The fourth-order valence-corrected chi connectivity index (χ4v) is 1.63. The Bertz CT molecular complexity index is 136. The number of aliphatic hydroxyl groups is 1. The normalized spacial score (nSPS) is 37.1. The molecule has 0 spiro atoms. The summed E-state index contributed by atoms with van der Waals surface area (Å²) in [7, 11) is 0. The van der Waals surface area contributed by atoms with E-state index >= 15 is 0 Å². The van der Waals surface area contributed by atoms with Crippen molar-refractivity contribution in [3.63, 3.8) is 0 Å². The highest BCUT2D eigenvalue weighted by molar-refractivity contribution is 4.83. The van der Waals surface area contributed by atoms with Crippen molar-refractivity contribution in [1.29, 1.82) is 0 Å². The van der Waals surface area contributed by atoms with Gasteiger partial charge < -0.3 is 5.11 Å². The molecule has 1 fully saturated rings. The predicted octanol–water partition coefficient (Wildman–Crippen LogP) is 2.19. The Hall–Kier alpha value is -0.180. The van der Waals surface area contributed by atoms with Crippen molar-refractivity contribution in [3.05, 3.63) is 0 Å². The second-order valence-corrected chi connectivity index (χ2v) is 3.33. The average Bonchev–Trinajstić information content (AvgIpc) is 1.94. The lowest BCUT2D eigenvalue weighted by molar-refractivity contribution is -0.0922. The second kappa shape index (κ2) is 3.05. The van der Waals surface area contributed by atoms with Gasteiger partial charge in [-0.05, 0) is 12.3 Å². The minimum absolute atomic E-state index is 0.134. The van der Waals surface area contributed by atoms with Crippen molar-refractivity contribution in [2.45, 2.75) is 44.6 Å². The molecule has 0 amide bonds. The topological polar surface area (TPSA) is 20.2 Å². The molecule has 1 rings (SSSR count). The minimum Gasteiger partial charge on any atom is -0.393 e. The maximum atomic E-state index is 12.7. The van der Waals surface area contributed by atoms with Crippen LogP contribution in [0.25, 0.3) is 0 Å². The summed E-state index contributed by atoms with van der Waals surface area (Å²) in [6.07, 6.45) is 0.122. The summed E-state index contributed by atoms with van der Waals surface area (Å²) in [5.74, 6) is -2.72. The lowest BCUT2D eigenvalue weighted by Crippen LogP contribution is -2.35. The van der Waals surface area contributed by atoms with Crippen LogP contribution in [0, 0.1) is 5.92 Å². The van der Waals surface area contributed by atoms with Crippen LogP contribution >= 0.6 is 0 Å². The molecule has 0 heterocycles. The second-order valence-electron chi connectivity index (χ2n) is 3.33. The smallest absolute Gasteiger partial charge is 0.248 e. The summed E-state index contributed by atoms with van der Waals surface area (Å²) in [5, 5.41) is 9.27. The third-order valence-corrected chi connectivity index (χ3v) is 2.44.